The minimum absolute atomic E-state index is 0.210. The van der Waals surface area contributed by atoms with Crippen molar-refractivity contribution in [2.24, 2.45) is 5.73 Å². The molecule has 0 aliphatic heterocycles. The number of nitrogens with two attached hydrogens (primary N) is 1. The van der Waals surface area contributed by atoms with Crippen molar-refractivity contribution in [3.63, 3.8) is 0 Å². The zero-order valence-electron chi connectivity index (χ0n) is 12.5. The molecule has 2 N–H and O–H groups in total. The summed E-state index contributed by atoms with van der Waals surface area (Å²) in [4.78, 5) is 0. The third-order valence-corrected chi connectivity index (χ3v) is 3.58. The van der Waals surface area contributed by atoms with Crippen LogP contribution < -0.4 is 15.2 Å². The third-order valence-electron chi connectivity index (χ3n) is 3.26. The summed E-state index contributed by atoms with van der Waals surface area (Å²) in [6.07, 6.45) is -0.333. The molecule has 0 saturated heterocycles. The molecule has 21 heavy (non-hydrogen) atoms. The minimum atomic E-state index is -0.333. The van der Waals surface area contributed by atoms with Crippen molar-refractivity contribution < 1.29 is 9.47 Å². The van der Waals surface area contributed by atoms with Crippen LogP contribution in [0.2, 0.25) is 5.02 Å². The Balaban J connectivity index is 2.38. The summed E-state index contributed by atoms with van der Waals surface area (Å²) in [5.74, 6) is 1.38. The lowest BCUT2D eigenvalue weighted by atomic mass is 10.0. The van der Waals surface area contributed by atoms with Gasteiger partial charge in [-0.15, -0.1) is 0 Å². The Kier molecular flexibility index (Phi) is 5.10. The fourth-order valence-electron chi connectivity index (χ4n) is 2.19. The van der Waals surface area contributed by atoms with E-state index in [1.54, 1.807) is 7.11 Å². The van der Waals surface area contributed by atoms with Gasteiger partial charge in [0.2, 0.25) is 0 Å². The lowest BCUT2D eigenvalue weighted by Gasteiger charge is -2.25. The molecule has 0 aliphatic rings. The number of aryl methyl sites for hydroxylation is 1. The van der Waals surface area contributed by atoms with Crippen LogP contribution >= 0.6 is 11.6 Å². The highest BCUT2D eigenvalue weighted by Gasteiger charge is 2.22. The van der Waals surface area contributed by atoms with Gasteiger partial charge in [-0.25, -0.2) is 0 Å². The maximum Gasteiger partial charge on any atom is 0.142 e. The summed E-state index contributed by atoms with van der Waals surface area (Å²) in [6, 6.07) is 13.2. The van der Waals surface area contributed by atoms with Crippen LogP contribution in [-0.2, 0) is 0 Å². The molecule has 2 aromatic rings. The molecule has 2 atom stereocenters. The van der Waals surface area contributed by atoms with Crippen LogP contribution in [0, 0.1) is 6.92 Å². The van der Waals surface area contributed by atoms with Crippen molar-refractivity contribution in [1.29, 1.82) is 0 Å². The lowest BCUT2D eigenvalue weighted by Crippen LogP contribution is -2.29. The van der Waals surface area contributed by atoms with Gasteiger partial charge >= 0.3 is 0 Å². The highest BCUT2D eigenvalue weighted by atomic mass is 35.5. The Morgan fingerprint density at radius 2 is 1.81 bits per heavy atom. The molecule has 2 rings (SSSR count). The molecular formula is C17H20ClNO2. The van der Waals surface area contributed by atoms with Crippen molar-refractivity contribution in [2.45, 2.75) is 26.0 Å². The maximum absolute atomic E-state index is 6.21. The van der Waals surface area contributed by atoms with E-state index in [0.717, 1.165) is 16.9 Å². The molecule has 0 radical (unpaired) electrons. The molecule has 0 amide bonds. The van der Waals surface area contributed by atoms with Gasteiger partial charge in [-0.3, -0.25) is 0 Å². The predicted octanol–water partition coefficient (Wildman–Crippen LogP) is 4.12. The van der Waals surface area contributed by atoms with Gasteiger partial charge in [0, 0.05) is 11.6 Å². The first-order valence-corrected chi connectivity index (χ1v) is 7.22. The maximum atomic E-state index is 6.21. The first kappa shape index (κ1) is 15.7. The number of para-hydroxylation sites is 1. The zero-order chi connectivity index (χ0) is 15.4. The predicted molar refractivity (Wildman–Crippen MR) is 86.2 cm³/mol. The Bertz CT molecular complexity index is 613. The number of ether oxygens (including phenoxy) is 2. The van der Waals surface area contributed by atoms with Crippen molar-refractivity contribution in [2.75, 3.05) is 7.11 Å². The van der Waals surface area contributed by atoms with Gasteiger partial charge < -0.3 is 15.2 Å². The number of rotatable bonds is 5. The monoisotopic (exact) mass is 305 g/mol. The van der Waals surface area contributed by atoms with Crippen LogP contribution in [0.25, 0.3) is 0 Å². The molecular weight excluding hydrogens is 286 g/mol. The molecule has 0 fully saturated rings. The van der Waals surface area contributed by atoms with E-state index in [-0.39, 0.29) is 12.1 Å². The number of hydrogen-bond acceptors (Lipinski definition) is 3. The van der Waals surface area contributed by atoms with Crippen LogP contribution in [0.15, 0.2) is 42.5 Å². The summed E-state index contributed by atoms with van der Waals surface area (Å²) in [7, 11) is 1.64. The molecule has 0 aliphatic carbocycles. The van der Waals surface area contributed by atoms with Gasteiger partial charge in [-0.05, 0) is 37.6 Å². The average Bonchev–Trinajstić information content (AvgIpc) is 2.47. The molecule has 2 unspecified atom stereocenters. The summed E-state index contributed by atoms with van der Waals surface area (Å²) in [5, 5.41) is 0.571. The third kappa shape index (κ3) is 3.69. The topological polar surface area (TPSA) is 44.5 Å². The summed E-state index contributed by atoms with van der Waals surface area (Å²) < 4.78 is 11.5. The second-order valence-electron chi connectivity index (χ2n) is 5.07. The Morgan fingerprint density at radius 3 is 2.48 bits per heavy atom. The van der Waals surface area contributed by atoms with Gasteiger partial charge in [0.15, 0.2) is 0 Å². The van der Waals surface area contributed by atoms with Crippen LogP contribution in [0.5, 0.6) is 11.5 Å². The van der Waals surface area contributed by atoms with E-state index < -0.39 is 0 Å². The quantitative estimate of drug-likeness (QED) is 0.903. The van der Waals surface area contributed by atoms with Crippen molar-refractivity contribution in [3.05, 3.63) is 58.6 Å². The SMILES string of the molecule is COc1ccccc1C(Oc1cc(C)ccc1Cl)C(C)N. The first-order valence-electron chi connectivity index (χ1n) is 6.84. The second kappa shape index (κ2) is 6.83. The summed E-state index contributed by atoms with van der Waals surface area (Å²) >= 11 is 6.21. The normalized spacial score (nSPS) is 13.6. The highest BCUT2D eigenvalue weighted by Crippen LogP contribution is 2.34. The number of hydrogen-bond donors (Lipinski definition) is 1. The van der Waals surface area contributed by atoms with Crippen molar-refractivity contribution >= 4 is 11.6 Å². The lowest BCUT2D eigenvalue weighted by molar-refractivity contribution is 0.176. The van der Waals surface area contributed by atoms with Crippen molar-refractivity contribution in [3.8, 4) is 11.5 Å². The van der Waals surface area contributed by atoms with Crippen LogP contribution in [0.4, 0.5) is 0 Å². The van der Waals surface area contributed by atoms with Crippen LogP contribution in [0.3, 0.4) is 0 Å². The van der Waals surface area contributed by atoms with Gasteiger partial charge in [0.25, 0.3) is 0 Å². The Labute approximate surface area is 130 Å². The van der Waals surface area contributed by atoms with Gasteiger partial charge in [-0.1, -0.05) is 35.9 Å². The molecule has 0 bridgehead atoms. The molecule has 0 saturated carbocycles. The van der Waals surface area contributed by atoms with Gasteiger partial charge in [0.1, 0.15) is 17.6 Å². The molecule has 4 heteroatoms. The van der Waals surface area contributed by atoms with E-state index in [1.807, 2.05) is 56.3 Å². The number of benzene rings is 2. The summed E-state index contributed by atoms with van der Waals surface area (Å²) in [5.41, 5.74) is 8.10. The molecule has 0 heterocycles. The largest absolute Gasteiger partial charge is 0.496 e. The fourth-order valence-corrected chi connectivity index (χ4v) is 2.36. The van der Waals surface area contributed by atoms with E-state index in [9.17, 15) is 0 Å². The zero-order valence-corrected chi connectivity index (χ0v) is 13.2. The van der Waals surface area contributed by atoms with Crippen molar-refractivity contribution in [1.82, 2.24) is 0 Å². The van der Waals surface area contributed by atoms with Gasteiger partial charge in [0.05, 0.1) is 12.1 Å². The van der Waals surface area contributed by atoms with E-state index in [4.69, 9.17) is 26.8 Å². The standard InChI is InChI=1S/C17H20ClNO2/c1-11-8-9-14(18)16(10-11)21-17(12(2)19)13-6-4-5-7-15(13)20-3/h4-10,12,17H,19H2,1-3H3. The average molecular weight is 306 g/mol. The molecule has 0 aromatic heterocycles. The second-order valence-corrected chi connectivity index (χ2v) is 5.48. The molecule has 112 valence electrons. The summed E-state index contributed by atoms with van der Waals surface area (Å²) in [6.45, 7) is 3.90. The van der Waals surface area contributed by atoms with E-state index >= 15 is 0 Å². The molecule has 2 aromatic carbocycles. The number of halogens is 1. The van der Waals surface area contributed by atoms with E-state index in [0.29, 0.717) is 10.8 Å². The first-order chi connectivity index (χ1) is 10.0. The molecule has 0 spiro atoms. The minimum Gasteiger partial charge on any atom is -0.496 e. The van der Waals surface area contributed by atoms with Crippen LogP contribution in [-0.4, -0.2) is 13.2 Å². The Morgan fingerprint density at radius 1 is 1.10 bits per heavy atom. The highest BCUT2D eigenvalue weighted by molar-refractivity contribution is 6.32. The van der Waals surface area contributed by atoms with E-state index in [1.165, 1.54) is 0 Å². The van der Waals surface area contributed by atoms with Crippen LogP contribution in [0.1, 0.15) is 24.2 Å². The molecule has 3 nitrogen and oxygen atoms in total. The smallest absolute Gasteiger partial charge is 0.142 e. The van der Waals surface area contributed by atoms with Gasteiger partial charge in [-0.2, -0.15) is 0 Å². The fraction of sp³-hybridized carbons (Fsp3) is 0.294. The Hall–Kier alpha value is -1.71. The number of methoxy groups -OCH3 is 1. The van der Waals surface area contributed by atoms with E-state index in [2.05, 4.69) is 0 Å².